The van der Waals surface area contributed by atoms with E-state index in [2.05, 4.69) is 15.9 Å². The molecule has 0 rings (SSSR count). The minimum Gasteiger partial charge on any atom is -0.324 e. The van der Waals surface area contributed by atoms with Gasteiger partial charge >= 0.3 is 0 Å². The van der Waals surface area contributed by atoms with Crippen molar-refractivity contribution in [1.82, 2.24) is 0 Å². The number of hydrogen-bond acceptors (Lipinski definition) is 2. The second kappa shape index (κ2) is 6.40. The van der Waals surface area contributed by atoms with E-state index in [1.54, 1.807) is 0 Å². The Balaban J connectivity index is 0. The predicted octanol–water partition coefficient (Wildman–Crippen LogP) is 0.331. The zero-order chi connectivity index (χ0) is 4.99. The number of alkyl halides is 1. The van der Waals surface area contributed by atoms with Crippen molar-refractivity contribution in [2.24, 2.45) is 5.73 Å². The smallest absolute Gasteiger partial charge is 0.156 e. The standard InChI is InChI=1S/C3H6BrNO.ClH/c4-1-3(6)2-5;/h1-2,5H2;1H. The van der Waals surface area contributed by atoms with Gasteiger partial charge in [-0.15, -0.1) is 12.4 Å². The van der Waals surface area contributed by atoms with E-state index in [0.717, 1.165) is 0 Å². The fraction of sp³-hybridized carbons (Fsp3) is 0.667. The summed E-state index contributed by atoms with van der Waals surface area (Å²) in [5.41, 5.74) is 4.90. The lowest BCUT2D eigenvalue weighted by atomic mass is 10.5. The maximum Gasteiger partial charge on any atom is 0.156 e. The molecular weight excluding hydrogens is 181 g/mol. The number of ketones is 1. The van der Waals surface area contributed by atoms with Crippen molar-refractivity contribution >= 4 is 34.1 Å². The topological polar surface area (TPSA) is 43.1 Å². The van der Waals surface area contributed by atoms with Gasteiger partial charge in [-0.05, 0) is 0 Å². The third kappa shape index (κ3) is 6.40. The predicted molar refractivity (Wildman–Crippen MR) is 35.1 cm³/mol. The van der Waals surface area contributed by atoms with Gasteiger partial charge in [0.15, 0.2) is 5.78 Å². The molecule has 0 aromatic heterocycles. The highest BCUT2D eigenvalue weighted by molar-refractivity contribution is 9.09. The van der Waals surface area contributed by atoms with Crippen LogP contribution in [0.25, 0.3) is 0 Å². The number of carbonyl (C=O) groups is 1. The quantitative estimate of drug-likeness (QED) is 0.635. The van der Waals surface area contributed by atoms with Crippen LogP contribution in [0.1, 0.15) is 0 Å². The van der Waals surface area contributed by atoms with Gasteiger partial charge in [-0.25, -0.2) is 0 Å². The molecule has 0 saturated heterocycles. The molecule has 0 aliphatic heterocycles. The highest BCUT2D eigenvalue weighted by Crippen LogP contribution is 1.76. The summed E-state index contributed by atoms with van der Waals surface area (Å²) in [6.07, 6.45) is 0. The second-order valence-corrected chi connectivity index (χ2v) is 1.44. The van der Waals surface area contributed by atoms with Gasteiger partial charge in [0.2, 0.25) is 0 Å². The van der Waals surface area contributed by atoms with Gasteiger partial charge in [0.1, 0.15) is 0 Å². The van der Waals surface area contributed by atoms with Crippen molar-refractivity contribution in [2.75, 3.05) is 11.9 Å². The molecule has 0 aromatic rings. The summed E-state index contributed by atoms with van der Waals surface area (Å²) in [7, 11) is 0. The Kier molecular flexibility index (Phi) is 9.50. The first-order valence-electron chi connectivity index (χ1n) is 1.59. The number of Topliss-reactive ketones (excluding diaryl/α,β-unsaturated/α-hetero) is 1. The van der Waals surface area contributed by atoms with Crippen LogP contribution < -0.4 is 5.73 Å². The maximum absolute atomic E-state index is 10.0. The van der Waals surface area contributed by atoms with Crippen molar-refractivity contribution in [2.45, 2.75) is 0 Å². The van der Waals surface area contributed by atoms with E-state index in [1.165, 1.54) is 0 Å². The Labute approximate surface area is 57.0 Å². The van der Waals surface area contributed by atoms with E-state index in [0.29, 0.717) is 5.33 Å². The molecule has 0 fully saturated rings. The number of carbonyl (C=O) groups excluding carboxylic acids is 1. The number of halogens is 2. The van der Waals surface area contributed by atoms with Gasteiger partial charge in [0.05, 0.1) is 11.9 Å². The molecule has 7 heavy (non-hydrogen) atoms. The lowest BCUT2D eigenvalue weighted by molar-refractivity contribution is -0.115. The lowest BCUT2D eigenvalue weighted by Gasteiger charge is -1.80. The van der Waals surface area contributed by atoms with Crippen LogP contribution in [0.2, 0.25) is 0 Å². The summed E-state index contributed by atoms with van der Waals surface area (Å²) in [4.78, 5) is 10.0. The highest BCUT2D eigenvalue weighted by Gasteiger charge is 1.88. The fourth-order valence-electron chi connectivity index (χ4n) is 0.0546. The minimum atomic E-state index is 0. The second-order valence-electron chi connectivity index (χ2n) is 0.876. The molecule has 2 nitrogen and oxygen atoms in total. The van der Waals surface area contributed by atoms with Crippen LogP contribution in [0, 0.1) is 0 Å². The monoisotopic (exact) mass is 187 g/mol. The molecule has 0 aliphatic rings. The molecule has 0 aromatic carbocycles. The molecule has 0 unspecified atom stereocenters. The van der Waals surface area contributed by atoms with Gasteiger partial charge in [0, 0.05) is 0 Å². The average molecular weight is 188 g/mol. The van der Waals surface area contributed by atoms with E-state index in [1.807, 2.05) is 0 Å². The summed E-state index contributed by atoms with van der Waals surface area (Å²) >= 11 is 2.95. The first-order chi connectivity index (χ1) is 2.81. The zero-order valence-corrected chi connectivity index (χ0v) is 6.09. The largest absolute Gasteiger partial charge is 0.324 e. The van der Waals surface area contributed by atoms with Crippen LogP contribution in [-0.2, 0) is 4.79 Å². The fourth-order valence-corrected chi connectivity index (χ4v) is 0.283. The molecule has 44 valence electrons. The van der Waals surface area contributed by atoms with Crippen LogP contribution in [0.5, 0.6) is 0 Å². The zero-order valence-electron chi connectivity index (χ0n) is 3.69. The normalized spacial score (nSPS) is 7.14. The molecule has 0 aliphatic carbocycles. The molecule has 0 bridgehead atoms. The molecule has 4 heteroatoms. The van der Waals surface area contributed by atoms with E-state index < -0.39 is 0 Å². The molecule has 2 N–H and O–H groups in total. The summed E-state index contributed by atoms with van der Waals surface area (Å²) in [5.74, 6) is 0.0370. The molecule has 0 saturated carbocycles. The van der Waals surface area contributed by atoms with Crippen LogP contribution in [0.3, 0.4) is 0 Å². The van der Waals surface area contributed by atoms with Crippen molar-refractivity contribution in [3.63, 3.8) is 0 Å². The van der Waals surface area contributed by atoms with E-state index >= 15 is 0 Å². The number of rotatable bonds is 2. The summed E-state index contributed by atoms with van der Waals surface area (Å²) < 4.78 is 0. The summed E-state index contributed by atoms with van der Waals surface area (Å²) in [6, 6.07) is 0. The van der Waals surface area contributed by atoms with Crippen molar-refractivity contribution in [1.29, 1.82) is 0 Å². The van der Waals surface area contributed by atoms with E-state index in [-0.39, 0.29) is 24.7 Å². The van der Waals surface area contributed by atoms with Crippen LogP contribution in [0.15, 0.2) is 0 Å². The van der Waals surface area contributed by atoms with Crippen LogP contribution >= 0.6 is 28.3 Å². The van der Waals surface area contributed by atoms with Gasteiger partial charge in [-0.1, -0.05) is 15.9 Å². The first-order valence-corrected chi connectivity index (χ1v) is 2.71. The summed E-state index contributed by atoms with van der Waals surface area (Å²) in [6.45, 7) is 0.144. The third-order valence-corrected chi connectivity index (χ3v) is 1.00. The number of hydrogen-bond donors (Lipinski definition) is 1. The molecule has 0 atom stereocenters. The number of nitrogens with two attached hydrogens (primary N) is 1. The molecule has 0 heterocycles. The third-order valence-electron chi connectivity index (χ3n) is 0.377. The van der Waals surface area contributed by atoms with E-state index in [9.17, 15) is 4.79 Å². The molecular formula is C3H7BrClNO. The Morgan fingerprint density at radius 2 is 2.14 bits per heavy atom. The van der Waals surface area contributed by atoms with Gasteiger partial charge in [-0.2, -0.15) is 0 Å². The van der Waals surface area contributed by atoms with Crippen molar-refractivity contribution in [3.05, 3.63) is 0 Å². The molecule has 0 amide bonds. The lowest BCUT2D eigenvalue weighted by Crippen LogP contribution is -2.13. The van der Waals surface area contributed by atoms with Gasteiger partial charge in [0.25, 0.3) is 0 Å². The van der Waals surface area contributed by atoms with Crippen LogP contribution in [0.4, 0.5) is 0 Å². The molecule has 0 spiro atoms. The first kappa shape index (κ1) is 10.4. The van der Waals surface area contributed by atoms with Gasteiger partial charge in [-0.3, -0.25) is 4.79 Å². The summed E-state index contributed by atoms with van der Waals surface area (Å²) in [5, 5.41) is 0.378. The highest BCUT2D eigenvalue weighted by atomic mass is 79.9. The minimum absolute atomic E-state index is 0. The Bertz CT molecular complexity index is 52.9. The molecule has 0 radical (unpaired) electrons. The Morgan fingerprint density at radius 3 is 2.14 bits per heavy atom. The van der Waals surface area contributed by atoms with Crippen molar-refractivity contribution in [3.8, 4) is 0 Å². The average Bonchev–Trinajstić information content (AvgIpc) is 1.65. The van der Waals surface area contributed by atoms with E-state index in [4.69, 9.17) is 5.73 Å². The Hall–Kier alpha value is 0.400. The SMILES string of the molecule is Cl.NCC(=O)CBr. The maximum atomic E-state index is 10.0. The van der Waals surface area contributed by atoms with Crippen LogP contribution in [-0.4, -0.2) is 17.7 Å². The van der Waals surface area contributed by atoms with Crippen molar-refractivity contribution < 1.29 is 4.79 Å². The van der Waals surface area contributed by atoms with Gasteiger partial charge < -0.3 is 5.73 Å². The Morgan fingerprint density at radius 1 is 1.71 bits per heavy atom.